The van der Waals surface area contributed by atoms with Gasteiger partial charge < -0.3 is 15.7 Å². The van der Waals surface area contributed by atoms with Crippen LogP contribution in [0.4, 0.5) is 0 Å². The summed E-state index contributed by atoms with van der Waals surface area (Å²) in [6.07, 6.45) is 8.95. The number of nitrogens with zero attached hydrogens (tertiary/aromatic N) is 1. The van der Waals surface area contributed by atoms with Crippen molar-refractivity contribution in [2.24, 2.45) is 28.4 Å². The molecule has 3 heterocycles. The smallest absolute Gasteiger partial charge is 0.309 e. The van der Waals surface area contributed by atoms with Gasteiger partial charge in [0.2, 0.25) is 0 Å². The van der Waals surface area contributed by atoms with Crippen LogP contribution in [0.25, 0.3) is 0 Å². The van der Waals surface area contributed by atoms with Crippen molar-refractivity contribution in [1.29, 1.82) is 0 Å². The zero-order valence-corrected chi connectivity index (χ0v) is 17.8. The van der Waals surface area contributed by atoms with E-state index in [1.54, 1.807) is 0 Å². The van der Waals surface area contributed by atoms with Gasteiger partial charge in [0.15, 0.2) is 0 Å². The summed E-state index contributed by atoms with van der Waals surface area (Å²) >= 11 is 0. The molecule has 3 N–H and O–H groups in total. The van der Waals surface area contributed by atoms with Crippen molar-refractivity contribution >= 4 is 5.97 Å². The van der Waals surface area contributed by atoms with Crippen LogP contribution in [-0.2, 0) is 10.2 Å². The highest BCUT2D eigenvalue weighted by Gasteiger charge is 2.64. The monoisotopic (exact) mass is 396 g/mol. The second-order valence-corrected chi connectivity index (χ2v) is 11.4. The third-order valence-corrected chi connectivity index (χ3v) is 8.89. The van der Waals surface area contributed by atoms with Gasteiger partial charge in [-0.2, -0.15) is 0 Å². The molecule has 6 bridgehead atoms. The van der Waals surface area contributed by atoms with Crippen LogP contribution in [0.5, 0.6) is 0 Å². The summed E-state index contributed by atoms with van der Waals surface area (Å²) in [5.41, 5.74) is 7.15. The number of rotatable bonds is 2. The minimum absolute atomic E-state index is 0.119. The summed E-state index contributed by atoms with van der Waals surface area (Å²) in [6.45, 7) is 6.09. The summed E-state index contributed by atoms with van der Waals surface area (Å²) in [6, 6.07) is 11.2. The number of nitrogens with two attached hydrogens (primary N) is 1. The van der Waals surface area contributed by atoms with Gasteiger partial charge in [0.1, 0.15) is 0 Å². The minimum Gasteiger partial charge on any atom is -0.481 e. The van der Waals surface area contributed by atoms with Crippen LogP contribution in [0, 0.1) is 22.7 Å². The highest BCUT2D eigenvalue weighted by molar-refractivity contribution is 5.76. The van der Waals surface area contributed by atoms with Crippen molar-refractivity contribution in [3.63, 3.8) is 0 Å². The average Bonchev–Trinajstić information content (AvgIpc) is 2.68. The fourth-order valence-electron chi connectivity index (χ4n) is 8.28. The van der Waals surface area contributed by atoms with Crippen molar-refractivity contribution in [2.45, 2.75) is 69.7 Å². The molecule has 0 aromatic heterocycles. The number of hydrogen-bond donors (Lipinski definition) is 2. The van der Waals surface area contributed by atoms with E-state index in [9.17, 15) is 9.90 Å². The molecule has 0 radical (unpaired) electrons. The first-order valence-electron chi connectivity index (χ1n) is 11.6. The Morgan fingerprint density at radius 3 is 2.31 bits per heavy atom. The molecule has 4 heteroatoms. The van der Waals surface area contributed by atoms with Gasteiger partial charge >= 0.3 is 5.97 Å². The molecule has 1 aromatic carbocycles. The molecule has 8 rings (SSSR count). The van der Waals surface area contributed by atoms with Gasteiger partial charge in [-0.1, -0.05) is 37.3 Å². The highest BCUT2D eigenvalue weighted by Crippen LogP contribution is 2.70. The standard InChI is InChI=1S/C18H22O2.C7H14N2/c1-16-7-13-8-17(10-16,14-5-3-2-4-6-14)12-18(9-13,11-16)15(19)20;8-7-5-9-3-1-6(7)2-4-9/h2-6,13H,7-12H2,1H3,(H,19,20);6-7H,1-5,8H2/t;7-/m.0/s1. The largest absolute Gasteiger partial charge is 0.481 e. The maximum atomic E-state index is 12.0. The van der Waals surface area contributed by atoms with Gasteiger partial charge in [0.25, 0.3) is 0 Å². The van der Waals surface area contributed by atoms with Crippen LogP contribution in [0.3, 0.4) is 0 Å². The summed E-state index contributed by atoms with van der Waals surface area (Å²) < 4.78 is 0. The first kappa shape index (κ1) is 19.6. The van der Waals surface area contributed by atoms with E-state index >= 15 is 0 Å². The zero-order valence-electron chi connectivity index (χ0n) is 17.8. The van der Waals surface area contributed by atoms with E-state index in [2.05, 4.69) is 42.2 Å². The summed E-state index contributed by atoms with van der Waals surface area (Å²) in [5.74, 6) is 0.913. The Labute approximate surface area is 174 Å². The second kappa shape index (κ2) is 6.81. The van der Waals surface area contributed by atoms with Gasteiger partial charge in [0.05, 0.1) is 5.41 Å². The molecule has 0 spiro atoms. The quantitative estimate of drug-likeness (QED) is 0.792. The molecule has 29 heavy (non-hydrogen) atoms. The lowest BCUT2D eigenvalue weighted by atomic mass is 9.39. The van der Waals surface area contributed by atoms with E-state index in [0.717, 1.165) is 31.7 Å². The Morgan fingerprint density at radius 2 is 1.79 bits per heavy atom. The third kappa shape index (κ3) is 3.33. The molecule has 158 valence electrons. The van der Waals surface area contributed by atoms with Crippen LogP contribution in [-0.4, -0.2) is 41.7 Å². The zero-order chi connectivity index (χ0) is 20.3. The molecule has 4 unspecified atom stereocenters. The fraction of sp³-hybridized carbons (Fsp3) is 0.720. The maximum Gasteiger partial charge on any atom is 0.309 e. The number of aliphatic carboxylic acids is 1. The highest BCUT2D eigenvalue weighted by atomic mass is 16.4. The van der Waals surface area contributed by atoms with E-state index in [0.29, 0.717) is 12.0 Å². The molecular weight excluding hydrogens is 360 g/mol. The normalized spacial score (nSPS) is 46.8. The second-order valence-electron chi connectivity index (χ2n) is 11.4. The van der Waals surface area contributed by atoms with Gasteiger partial charge in [-0.05, 0) is 92.7 Å². The van der Waals surface area contributed by atoms with Crippen molar-refractivity contribution in [3.05, 3.63) is 35.9 Å². The van der Waals surface area contributed by atoms with Crippen molar-refractivity contribution < 1.29 is 9.90 Å². The Bertz CT molecular complexity index is 774. The lowest BCUT2D eigenvalue weighted by Gasteiger charge is -2.64. The summed E-state index contributed by atoms with van der Waals surface area (Å²) in [7, 11) is 0. The van der Waals surface area contributed by atoms with E-state index in [1.165, 1.54) is 50.8 Å². The van der Waals surface area contributed by atoms with Crippen LogP contribution >= 0.6 is 0 Å². The summed E-state index contributed by atoms with van der Waals surface area (Å²) in [5, 5.41) is 9.85. The number of fused-ring (bicyclic) bond motifs is 3. The van der Waals surface area contributed by atoms with Gasteiger partial charge in [0, 0.05) is 12.6 Å². The maximum absolute atomic E-state index is 12.0. The molecule has 1 aromatic rings. The predicted molar refractivity (Wildman–Crippen MR) is 115 cm³/mol. The molecule has 3 saturated heterocycles. The van der Waals surface area contributed by atoms with Gasteiger partial charge in [-0.15, -0.1) is 0 Å². The molecule has 4 saturated carbocycles. The molecular formula is C25H36N2O2. The lowest BCUT2D eigenvalue weighted by Crippen LogP contribution is -2.60. The number of piperidine rings is 3. The predicted octanol–water partition coefficient (Wildman–Crippen LogP) is 4.04. The fourth-order valence-corrected chi connectivity index (χ4v) is 8.28. The van der Waals surface area contributed by atoms with Crippen LogP contribution < -0.4 is 5.73 Å². The first-order chi connectivity index (χ1) is 13.8. The summed E-state index contributed by atoms with van der Waals surface area (Å²) in [4.78, 5) is 14.4. The van der Waals surface area contributed by atoms with E-state index in [1.807, 2.05) is 0 Å². The Kier molecular flexibility index (Phi) is 4.60. The number of benzene rings is 1. The number of carboxylic acids is 1. The number of hydrogen-bond acceptors (Lipinski definition) is 3. The van der Waals surface area contributed by atoms with Crippen molar-refractivity contribution in [1.82, 2.24) is 4.90 Å². The Balaban J connectivity index is 0.000000168. The molecule has 7 aliphatic rings. The average molecular weight is 397 g/mol. The topological polar surface area (TPSA) is 66.6 Å². The lowest BCUT2D eigenvalue weighted by molar-refractivity contribution is -0.176. The molecule has 7 fully saturated rings. The van der Waals surface area contributed by atoms with Crippen LogP contribution in [0.1, 0.15) is 63.9 Å². The van der Waals surface area contributed by atoms with Crippen molar-refractivity contribution in [2.75, 3.05) is 19.6 Å². The molecule has 4 nitrogen and oxygen atoms in total. The van der Waals surface area contributed by atoms with Gasteiger partial charge in [-0.3, -0.25) is 4.79 Å². The number of carboxylic acid groups (broad SMARTS) is 1. The Hall–Kier alpha value is -1.39. The molecule has 4 aliphatic carbocycles. The van der Waals surface area contributed by atoms with E-state index in [-0.39, 0.29) is 10.8 Å². The first-order valence-corrected chi connectivity index (χ1v) is 11.6. The minimum atomic E-state index is -0.548. The van der Waals surface area contributed by atoms with Crippen LogP contribution in [0.2, 0.25) is 0 Å². The van der Waals surface area contributed by atoms with Crippen LogP contribution in [0.15, 0.2) is 30.3 Å². The Morgan fingerprint density at radius 1 is 1.07 bits per heavy atom. The SMILES string of the molecule is CC12CC3CC(C(=O)O)(C1)CC(c1ccccc1)(C3)C2.N[C@H]1CN2CCC1CC2. The van der Waals surface area contributed by atoms with Gasteiger partial charge in [-0.25, -0.2) is 0 Å². The molecule has 5 atom stereocenters. The van der Waals surface area contributed by atoms with E-state index < -0.39 is 11.4 Å². The van der Waals surface area contributed by atoms with E-state index in [4.69, 9.17) is 5.73 Å². The molecule has 0 amide bonds. The van der Waals surface area contributed by atoms with Crippen molar-refractivity contribution in [3.8, 4) is 0 Å². The number of carbonyl (C=O) groups is 1. The third-order valence-electron chi connectivity index (χ3n) is 8.89. The molecule has 3 aliphatic heterocycles.